The second kappa shape index (κ2) is 5.19. The molecule has 0 bridgehead atoms. The molecule has 1 aromatic carbocycles. The van der Waals surface area contributed by atoms with Gasteiger partial charge in [-0.3, -0.25) is 4.21 Å². The summed E-state index contributed by atoms with van der Waals surface area (Å²) < 4.78 is 16.7. The molecule has 0 spiro atoms. The third-order valence-electron chi connectivity index (χ3n) is 2.67. The lowest BCUT2D eigenvalue weighted by atomic mass is 9.85. The van der Waals surface area contributed by atoms with Gasteiger partial charge in [-0.25, -0.2) is 0 Å². The van der Waals surface area contributed by atoms with Gasteiger partial charge in [-0.1, -0.05) is 26.8 Å². The third-order valence-corrected chi connectivity index (χ3v) is 3.39. The van der Waals surface area contributed by atoms with Gasteiger partial charge in [0.05, 0.1) is 12.9 Å². The summed E-state index contributed by atoms with van der Waals surface area (Å²) >= 11 is 0. The van der Waals surface area contributed by atoms with Crippen LogP contribution in [0.2, 0.25) is 0 Å². The van der Waals surface area contributed by atoms with E-state index in [0.29, 0.717) is 5.75 Å². The SMILES string of the molecule is COc1c([NH3+])cc(C(C)(C)C)cc1CS(C)=O. The van der Waals surface area contributed by atoms with Crippen LogP contribution in [0.4, 0.5) is 5.69 Å². The maximum Gasteiger partial charge on any atom is 0.183 e. The van der Waals surface area contributed by atoms with E-state index in [9.17, 15) is 4.21 Å². The topological polar surface area (TPSA) is 53.9 Å². The van der Waals surface area contributed by atoms with E-state index in [1.165, 1.54) is 5.56 Å². The van der Waals surface area contributed by atoms with Crippen molar-refractivity contribution in [3.05, 3.63) is 23.3 Å². The van der Waals surface area contributed by atoms with E-state index >= 15 is 0 Å². The first-order chi connectivity index (χ1) is 7.75. The Kier molecular flexibility index (Phi) is 4.33. The Hall–Kier alpha value is -0.870. The number of rotatable bonds is 3. The zero-order chi connectivity index (χ0) is 13.2. The van der Waals surface area contributed by atoms with Crippen LogP contribution in [0.25, 0.3) is 0 Å². The predicted molar refractivity (Wildman–Crippen MR) is 72.0 cm³/mol. The minimum Gasteiger partial charge on any atom is -0.491 e. The van der Waals surface area contributed by atoms with Crippen molar-refractivity contribution in [2.24, 2.45) is 0 Å². The molecule has 0 saturated heterocycles. The standard InChI is InChI=1S/C13H21NO2S/c1-13(2,3)10-6-9(8-17(5)15)12(16-4)11(14)7-10/h6-7H,8,14H2,1-5H3/p+1. The highest BCUT2D eigenvalue weighted by Crippen LogP contribution is 2.33. The van der Waals surface area contributed by atoms with Crippen molar-refractivity contribution in [3.63, 3.8) is 0 Å². The van der Waals surface area contributed by atoms with Gasteiger partial charge in [0, 0.05) is 28.7 Å². The zero-order valence-corrected chi connectivity index (χ0v) is 12.1. The summed E-state index contributed by atoms with van der Waals surface area (Å²) in [6.45, 7) is 6.46. The Morgan fingerprint density at radius 2 is 1.94 bits per heavy atom. The van der Waals surface area contributed by atoms with Crippen molar-refractivity contribution >= 4 is 16.5 Å². The minimum absolute atomic E-state index is 0.0582. The Morgan fingerprint density at radius 3 is 2.35 bits per heavy atom. The Balaban J connectivity index is 3.33. The highest BCUT2D eigenvalue weighted by Gasteiger charge is 2.20. The Bertz CT molecular complexity index is 436. The zero-order valence-electron chi connectivity index (χ0n) is 11.3. The second-order valence-electron chi connectivity index (χ2n) is 5.30. The summed E-state index contributed by atoms with van der Waals surface area (Å²) in [5.74, 6) is 1.27. The van der Waals surface area contributed by atoms with E-state index < -0.39 is 10.8 Å². The molecule has 3 N–H and O–H groups in total. The number of quaternary nitrogens is 1. The molecule has 0 heterocycles. The lowest BCUT2D eigenvalue weighted by Gasteiger charge is -2.21. The molecular weight excluding hydrogens is 234 g/mol. The van der Waals surface area contributed by atoms with Crippen molar-refractivity contribution in [2.45, 2.75) is 31.9 Å². The van der Waals surface area contributed by atoms with Crippen LogP contribution in [0, 0.1) is 0 Å². The molecule has 3 nitrogen and oxygen atoms in total. The fourth-order valence-corrected chi connectivity index (χ4v) is 2.43. The molecule has 0 aliphatic rings. The summed E-state index contributed by atoms with van der Waals surface area (Å²) in [6.07, 6.45) is 1.70. The molecule has 0 amide bonds. The maximum absolute atomic E-state index is 11.4. The molecule has 17 heavy (non-hydrogen) atoms. The van der Waals surface area contributed by atoms with E-state index in [-0.39, 0.29) is 5.41 Å². The predicted octanol–water partition coefficient (Wildman–Crippen LogP) is 1.74. The van der Waals surface area contributed by atoms with Crippen LogP contribution in [0.3, 0.4) is 0 Å². The van der Waals surface area contributed by atoms with Gasteiger partial charge in [-0.15, -0.1) is 0 Å². The monoisotopic (exact) mass is 256 g/mol. The Morgan fingerprint density at radius 1 is 1.35 bits per heavy atom. The van der Waals surface area contributed by atoms with Crippen LogP contribution in [-0.4, -0.2) is 17.6 Å². The van der Waals surface area contributed by atoms with Crippen LogP contribution in [-0.2, 0) is 22.0 Å². The first-order valence-electron chi connectivity index (χ1n) is 5.59. The van der Waals surface area contributed by atoms with Gasteiger partial charge >= 0.3 is 0 Å². The van der Waals surface area contributed by atoms with Gasteiger partial charge in [0.25, 0.3) is 0 Å². The average molecular weight is 256 g/mol. The maximum atomic E-state index is 11.4. The molecule has 1 rings (SSSR count). The minimum atomic E-state index is -0.880. The van der Waals surface area contributed by atoms with Crippen LogP contribution in [0.5, 0.6) is 5.75 Å². The quantitative estimate of drug-likeness (QED) is 0.895. The molecule has 0 radical (unpaired) electrons. The molecule has 0 aliphatic carbocycles. The summed E-state index contributed by atoms with van der Waals surface area (Å²) in [5, 5.41) is 0. The molecule has 1 atom stereocenters. The number of methoxy groups -OCH3 is 1. The lowest BCUT2D eigenvalue weighted by Crippen LogP contribution is -2.41. The molecule has 0 saturated carbocycles. The Labute approximate surface area is 106 Å². The van der Waals surface area contributed by atoms with Gasteiger partial charge < -0.3 is 10.5 Å². The number of benzene rings is 1. The summed E-state index contributed by atoms with van der Waals surface area (Å²) in [4.78, 5) is 0. The molecule has 0 aliphatic heterocycles. The largest absolute Gasteiger partial charge is 0.491 e. The van der Waals surface area contributed by atoms with E-state index in [4.69, 9.17) is 4.74 Å². The highest BCUT2D eigenvalue weighted by atomic mass is 32.2. The van der Waals surface area contributed by atoms with Crippen LogP contribution >= 0.6 is 0 Å². The molecule has 1 aromatic rings. The fraction of sp³-hybridized carbons (Fsp3) is 0.538. The number of hydrogen-bond acceptors (Lipinski definition) is 2. The molecule has 1 unspecified atom stereocenters. The van der Waals surface area contributed by atoms with E-state index in [2.05, 4.69) is 32.6 Å². The van der Waals surface area contributed by atoms with Gasteiger partial charge in [0.15, 0.2) is 11.4 Å². The van der Waals surface area contributed by atoms with Gasteiger partial charge in [-0.05, 0) is 11.0 Å². The van der Waals surface area contributed by atoms with Gasteiger partial charge in [0.2, 0.25) is 0 Å². The summed E-state index contributed by atoms with van der Waals surface area (Å²) in [5.41, 5.74) is 7.10. The summed E-state index contributed by atoms with van der Waals surface area (Å²) in [6, 6.07) is 4.12. The first-order valence-corrected chi connectivity index (χ1v) is 7.31. The van der Waals surface area contributed by atoms with Crippen molar-refractivity contribution in [1.82, 2.24) is 0 Å². The van der Waals surface area contributed by atoms with Crippen LogP contribution in [0.15, 0.2) is 12.1 Å². The van der Waals surface area contributed by atoms with Crippen molar-refractivity contribution in [3.8, 4) is 5.75 Å². The molecule has 0 aromatic heterocycles. The first kappa shape index (κ1) is 14.2. The average Bonchev–Trinajstić information content (AvgIpc) is 2.14. The molecule has 0 fully saturated rings. The fourth-order valence-electron chi connectivity index (χ4n) is 1.78. The third kappa shape index (κ3) is 3.54. The van der Waals surface area contributed by atoms with E-state index in [1.807, 2.05) is 6.07 Å². The highest BCUT2D eigenvalue weighted by molar-refractivity contribution is 7.83. The molecular formula is C13H22NO2S+. The normalized spacial score (nSPS) is 13.5. The van der Waals surface area contributed by atoms with Crippen LogP contribution < -0.4 is 10.5 Å². The summed E-state index contributed by atoms with van der Waals surface area (Å²) in [7, 11) is 0.748. The van der Waals surface area contributed by atoms with Crippen LogP contribution in [0.1, 0.15) is 31.9 Å². The van der Waals surface area contributed by atoms with E-state index in [0.717, 1.165) is 17.0 Å². The molecule has 4 heteroatoms. The van der Waals surface area contributed by atoms with Crippen molar-refractivity contribution in [1.29, 1.82) is 0 Å². The smallest absolute Gasteiger partial charge is 0.183 e. The van der Waals surface area contributed by atoms with Crippen molar-refractivity contribution < 1.29 is 14.7 Å². The van der Waals surface area contributed by atoms with Crippen molar-refractivity contribution in [2.75, 3.05) is 13.4 Å². The van der Waals surface area contributed by atoms with Gasteiger partial charge in [-0.2, -0.15) is 0 Å². The lowest BCUT2D eigenvalue weighted by molar-refractivity contribution is -0.256. The molecule has 96 valence electrons. The van der Waals surface area contributed by atoms with E-state index in [1.54, 1.807) is 13.4 Å². The number of hydrogen-bond donors (Lipinski definition) is 1. The number of ether oxygens (including phenoxy) is 1. The van der Waals surface area contributed by atoms with Gasteiger partial charge in [0.1, 0.15) is 0 Å². The second-order valence-corrected chi connectivity index (χ2v) is 6.73.